The first-order valence-electron chi connectivity index (χ1n) is 8.14. The SMILES string of the molecule is Cc1cccc(O[Si](C)C)c1N=C(c1ccccc1)c1ncccn1. The molecule has 3 rings (SSSR count). The molecule has 25 heavy (non-hydrogen) atoms. The van der Waals surface area contributed by atoms with E-state index in [1.165, 1.54) is 0 Å². The topological polar surface area (TPSA) is 47.4 Å². The Morgan fingerprint density at radius 2 is 1.64 bits per heavy atom. The van der Waals surface area contributed by atoms with Crippen molar-refractivity contribution in [2.24, 2.45) is 4.99 Å². The number of hydrogen-bond donors (Lipinski definition) is 0. The third-order valence-corrected chi connectivity index (χ3v) is 4.19. The summed E-state index contributed by atoms with van der Waals surface area (Å²) in [6.07, 6.45) is 3.46. The summed E-state index contributed by atoms with van der Waals surface area (Å²) in [7, 11) is -0.889. The van der Waals surface area contributed by atoms with Crippen molar-refractivity contribution in [3.8, 4) is 5.75 Å². The van der Waals surface area contributed by atoms with Gasteiger partial charge in [-0.1, -0.05) is 42.5 Å². The highest BCUT2D eigenvalue weighted by atomic mass is 28.3. The van der Waals surface area contributed by atoms with Crippen LogP contribution < -0.4 is 4.43 Å². The standard InChI is InChI=1S/C20H20N3OSi/c1-15-9-7-12-17(24-25(2)3)18(15)23-19(16-10-5-4-6-11-16)20-21-13-8-14-22-20/h4-14H,1-3H3. The lowest BCUT2D eigenvalue weighted by Crippen LogP contribution is -2.12. The Labute approximate surface area is 150 Å². The minimum atomic E-state index is -0.889. The predicted octanol–water partition coefficient (Wildman–Crippen LogP) is 4.58. The van der Waals surface area contributed by atoms with Crippen LogP contribution >= 0.6 is 0 Å². The van der Waals surface area contributed by atoms with Crippen LogP contribution in [0.4, 0.5) is 5.69 Å². The lowest BCUT2D eigenvalue weighted by atomic mass is 10.1. The van der Waals surface area contributed by atoms with E-state index >= 15 is 0 Å². The normalized spacial score (nSPS) is 11.6. The molecular formula is C20H20N3OSi. The van der Waals surface area contributed by atoms with E-state index in [2.05, 4.69) is 23.1 Å². The minimum Gasteiger partial charge on any atom is -0.541 e. The molecule has 1 heterocycles. The molecule has 0 bridgehead atoms. The van der Waals surface area contributed by atoms with Crippen molar-refractivity contribution in [3.63, 3.8) is 0 Å². The Bertz CT molecular complexity index is 823. The largest absolute Gasteiger partial charge is 0.541 e. The molecule has 2 aromatic carbocycles. The van der Waals surface area contributed by atoms with Crippen LogP contribution in [0, 0.1) is 6.92 Å². The van der Waals surface area contributed by atoms with Gasteiger partial charge in [-0.25, -0.2) is 15.0 Å². The molecule has 0 spiro atoms. The molecule has 0 aliphatic carbocycles. The van der Waals surface area contributed by atoms with E-state index in [-0.39, 0.29) is 0 Å². The number of para-hydroxylation sites is 1. The van der Waals surface area contributed by atoms with Gasteiger partial charge in [-0.3, -0.25) is 0 Å². The monoisotopic (exact) mass is 346 g/mol. The lowest BCUT2D eigenvalue weighted by molar-refractivity contribution is 0.581. The van der Waals surface area contributed by atoms with Crippen molar-refractivity contribution in [1.82, 2.24) is 9.97 Å². The molecule has 1 aromatic heterocycles. The molecule has 0 aliphatic rings. The first-order valence-corrected chi connectivity index (χ1v) is 10.5. The summed E-state index contributed by atoms with van der Waals surface area (Å²) >= 11 is 0. The molecular weight excluding hydrogens is 326 g/mol. The zero-order chi connectivity index (χ0) is 17.6. The average molecular weight is 346 g/mol. The molecule has 125 valence electrons. The third kappa shape index (κ3) is 4.19. The number of benzene rings is 2. The van der Waals surface area contributed by atoms with Gasteiger partial charge in [-0.15, -0.1) is 0 Å². The molecule has 0 saturated carbocycles. The zero-order valence-corrected chi connectivity index (χ0v) is 15.6. The molecule has 0 N–H and O–H groups in total. The van der Waals surface area contributed by atoms with Crippen molar-refractivity contribution in [2.45, 2.75) is 20.0 Å². The van der Waals surface area contributed by atoms with E-state index in [1.54, 1.807) is 18.5 Å². The van der Waals surface area contributed by atoms with Gasteiger partial charge >= 0.3 is 0 Å². The van der Waals surface area contributed by atoms with Crippen molar-refractivity contribution < 1.29 is 4.43 Å². The van der Waals surface area contributed by atoms with Crippen LogP contribution in [0.2, 0.25) is 13.1 Å². The Morgan fingerprint density at radius 3 is 2.32 bits per heavy atom. The summed E-state index contributed by atoms with van der Waals surface area (Å²) in [5.74, 6) is 1.41. The molecule has 1 radical (unpaired) electrons. The Morgan fingerprint density at radius 1 is 0.920 bits per heavy atom. The summed E-state index contributed by atoms with van der Waals surface area (Å²) in [6, 6.07) is 17.8. The van der Waals surface area contributed by atoms with Gasteiger partial charge in [0.1, 0.15) is 17.1 Å². The highest BCUT2D eigenvalue weighted by Gasteiger charge is 2.14. The molecule has 4 nitrogen and oxygen atoms in total. The van der Waals surface area contributed by atoms with Crippen LogP contribution in [0.25, 0.3) is 0 Å². The second-order valence-electron chi connectivity index (χ2n) is 5.83. The maximum absolute atomic E-state index is 6.05. The molecule has 3 aromatic rings. The third-order valence-electron chi connectivity index (χ3n) is 3.56. The first kappa shape index (κ1) is 17.0. The van der Waals surface area contributed by atoms with Crippen molar-refractivity contribution >= 4 is 20.4 Å². The van der Waals surface area contributed by atoms with Crippen LogP contribution in [-0.2, 0) is 0 Å². The summed E-state index contributed by atoms with van der Waals surface area (Å²) in [4.78, 5) is 13.7. The Hall–Kier alpha value is -2.79. The van der Waals surface area contributed by atoms with Crippen LogP contribution in [0.3, 0.4) is 0 Å². The molecule has 0 fully saturated rings. The zero-order valence-electron chi connectivity index (χ0n) is 14.6. The van der Waals surface area contributed by atoms with Crippen LogP contribution in [-0.4, -0.2) is 24.7 Å². The van der Waals surface area contributed by atoms with Crippen LogP contribution in [0.1, 0.15) is 17.0 Å². The minimum absolute atomic E-state index is 0.599. The molecule has 0 saturated heterocycles. The van der Waals surface area contributed by atoms with E-state index < -0.39 is 9.04 Å². The fourth-order valence-electron chi connectivity index (χ4n) is 2.45. The average Bonchev–Trinajstić information content (AvgIpc) is 2.62. The van der Waals surface area contributed by atoms with Gasteiger partial charge < -0.3 is 4.43 Å². The maximum atomic E-state index is 6.05. The Kier molecular flexibility index (Phi) is 5.35. The maximum Gasteiger partial charge on any atom is 0.274 e. The number of rotatable bonds is 5. The Balaban J connectivity index is 2.18. The second kappa shape index (κ2) is 7.85. The highest BCUT2D eigenvalue weighted by Crippen LogP contribution is 2.32. The number of aromatic nitrogens is 2. The number of aliphatic imine (C=N–C) groups is 1. The molecule has 0 aliphatic heterocycles. The lowest BCUT2D eigenvalue weighted by Gasteiger charge is -2.14. The quantitative estimate of drug-likeness (QED) is 0.502. The first-order chi connectivity index (χ1) is 12.1. The van der Waals surface area contributed by atoms with Crippen LogP contribution in [0.15, 0.2) is 72.0 Å². The van der Waals surface area contributed by atoms with Gasteiger partial charge in [-0.05, 0) is 37.7 Å². The predicted molar refractivity (Wildman–Crippen MR) is 103 cm³/mol. The van der Waals surface area contributed by atoms with Crippen molar-refractivity contribution in [2.75, 3.05) is 0 Å². The number of aryl methyl sites for hydroxylation is 1. The van der Waals surface area contributed by atoms with Gasteiger partial charge in [0.05, 0.1) is 0 Å². The molecule has 5 heteroatoms. The van der Waals surface area contributed by atoms with Gasteiger partial charge in [0.25, 0.3) is 9.04 Å². The number of hydrogen-bond acceptors (Lipinski definition) is 4. The van der Waals surface area contributed by atoms with E-state index in [1.807, 2.05) is 55.5 Å². The van der Waals surface area contributed by atoms with Gasteiger partial charge in [0.2, 0.25) is 0 Å². The van der Waals surface area contributed by atoms with Crippen molar-refractivity contribution in [3.05, 3.63) is 83.9 Å². The van der Waals surface area contributed by atoms with E-state index in [9.17, 15) is 0 Å². The van der Waals surface area contributed by atoms with Gasteiger partial charge in [0.15, 0.2) is 5.82 Å². The fourth-order valence-corrected chi connectivity index (χ4v) is 3.05. The second-order valence-corrected chi connectivity index (χ2v) is 7.85. The van der Waals surface area contributed by atoms with Gasteiger partial charge in [-0.2, -0.15) is 0 Å². The summed E-state index contributed by atoms with van der Waals surface area (Å²) in [6.45, 7) is 6.26. The summed E-state index contributed by atoms with van der Waals surface area (Å²) in [5.41, 5.74) is 3.60. The summed E-state index contributed by atoms with van der Waals surface area (Å²) in [5, 5.41) is 0. The van der Waals surface area contributed by atoms with E-state index in [0.29, 0.717) is 5.82 Å². The molecule has 0 atom stereocenters. The van der Waals surface area contributed by atoms with E-state index in [0.717, 1.165) is 28.3 Å². The highest BCUT2D eigenvalue weighted by molar-refractivity contribution is 6.49. The number of nitrogens with zero attached hydrogens (tertiary/aromatic N) is 3. The fraction of sp³-hybridized carbons (Fsp3) is 0.150. The van der Waals surface area contributed by atoms with E-state index in [4.69, 9.17) is 9.42 Å². The molecule has 0 unspecified atom stereocenters. The van der Waals surface area contributed by atoms with Gasteiger partial charge in [0, 0.05) is 18.0 Å². The van der Waals surface area contributed by atoms with Crippen molar-refractivity contribution in [1.29, 1.82) is 0 Å². The smallest absolute Gasteiger partial charge is 0.274 e. The molecule has 0 amide bonds. The summed E-state index contributed by atoms with van der Waals surface area (Å²) < 4.78 is 6.05. The van der Waals surface area contributed by atoms with Crippen LogP contribution in [0.5, 0.6) is 5.75 Å².